The third-order valence-corrected chi connectivity index (χ3v) is 2.28. The average molecular weight is 253 g/mol. The van der Waals surface area contributed by atoms with Crippen LogP contribution in [0.25, 0.3) is 0 Å². The smallest absolute Gasteiger partial charge is 0.340 e. The van der Waals surface area contributed by atoms with Gasteiger partial charge in [0.1, 0.15) is 0 Å². The van der Waals surface area contributed by atoms with Crippen molar-refractivity contribution in [3.8, 4) is 0 Å². The molecule has 0 N–H and O–H groups in total. The third-order valence-electron chi connectivity index (χ3n) is 2.28. The minimum absolute atomic E-state index is 0.277. The number of aromatic nitrogens is 1. The van der Waals surface area contributed by atoms with Crippen LogP contribution in [0.4, 0.5) is 0 Å². The molecule has 0 saturated heterocycles. The van der Waals surface area contributed by atoms with Crippen LogP contribution in [-0.2, 0) is 20.8 Å². The fraction of sp³-hybridized carbons (Fsp3) is 0.538. The maximum absolute atomic E-state index is 11.7. The molecule has 0 atom stereocenters. The van der Waals surface area contributed by atoms with Crippen LogP contribution in [0, 0.1) is 6.92 Å². The lowest BCUT2D eigenvalue weighted by atomic mass is 10.2. The molecule has 0 bridgehead atoms. The van der Waals surface area contributed by atoms with Crippen LogP contribution in [0.3, 0.4) is 0 Å². The molecular weight excluding hydrogens is 234 g/mol. The highest BCUT2D eigenvalue weighted by Gasteiger charge is 2.13. The summed E-state index contributed by atoms with van der Waals surface area (Å²) in [4.78, 5) is 16.0. The molecule has 1 aromatic rings. The maximum atomic E-state index is 11.7. The van der Waals surface area contributed by atoms with Crippen molar-refractivity contribution in [1.29, 1.82) is 0 Å². The van der Waals surface area contributed by atoms with Crippen LogP contribution < -0.4 is 0 Å². The molecule has 1 rings (SSSR count). The summed E-state index contributed by atoms with van der Waals surface area (Å²) in [6.07, 6.45) is 0. The van der Waals surface area contributed by atoms with Crippen molar-refractivity contribution < 1.29 is 19.0 Å². The summed E-state index contributed by atoms with van der Waals surface area (Å²) in [5.74, 6) is -0.365. The van der Waals surface area contributed by atoms with Crippen molar-refractivity contribution in [2.75, 3.05) is 26.9 Å². The lowest BCUT2D eigenvalue weighted by molar-refractivity contribution is 0.0493. The van der Waals surface area contributed by atoms with Crippen molar-refractivity contribution in [1.82, 2.24) is 4.98 Å². The Morgan fingerprint density at radius 1 is 1.33 bits per heavy atom. The number of carbonyl (C=O) groups excluding carboxylic acids is 1. The monoisotopic (exact) mass is 253 g/mol. The molecule has 1 aromatic heterocycles. The van der Waals surface area contributed by atoms with Gasteiger partial charge in [0.25, 0.3) is 0 Å². The minimum atomic E-state index is -0.365. The van der Waals surface area contributed by atoms with Crippen LogP contribution in [-0.4, -0.2) is 37.9 Å². The second-order valence-electron chi connectivity index (χ2n) is 3.71. The number of hydrogen-bond acceptors (Lipinski definition) is 5. The summed E-state index contributed by atoms with van der Waals surface area (Å²) in [5, 5.41) is 0. The van der Waals surface area contributed by atoms with Gasteiger partial charge in [-0.2, -0.15) is 0 Å². The molecule has 0 aromatic carbocycles. The first-order valence-electron chi connectivity index (χ1n) is 5.89. The predicted molar refractivity (Wildman–Crippen MR) is 66.5 cm³/mol. The van der Waals surface area contributed by atoms with Gasteiger partial charge in [0.2, 0.25) is 0 Å². The van der Waals surface area contributed by atoms with Crippen LogP contribution in [0.15, 0.2) is 12.1 Å². The van der Waals surface area contributed by atoms with Gasteiger partial charge >= 0.3 is 5.97 Å². The van der Waals surface area contributed by atoms with E-state index in [1.807, 2.05) is 6.92 Å². The van der Waals surface area contributed by atoms with Gasteiger partial charge in [0.15, 0.2) is 0 Å². The molecule has 0 saturated carbocycles. The molecule has 5 heteroatoms. The van der Waals surface area contributed by atoms with E-state index in [2.05, 4.69) is 4.98 Å². The van der Waals surface area contributed by atoms with Crippen LogP contribution in [0.1, 0.15) is 28.7 Å². The Hall–Kier alpha value is -1.46. The zero-order valence-corrected chi connectivity index (χ0v) is 11.1. The van der Waals surface area contributed by atoms with Crippen LogP contribution in [0.5, 0.6) is 0 Å². The number of methoxy groups -OCH3 is 1. The topological polar surface area (TPSA) is 57.7 Å². The average Bonchev–Trinajstić information content (AvgIpc) is 2.35. The normalized spacial score (nSPS) is 10.4. The molecule has 0 spiro atoms. The molecular formula is C13H19NO4. The van der Waals surface area contributed by atoms with Gasteiger partial charge in [0, 0.05) is 12.8 Å². The van der Waals surface area contributed by atoms with Gasteiger partial charge in [-0.1, -0.05) is 0 Å². The predicted octanol–water partition coefficient (Wildman–Crippen LogP) is 1.73. The van der Waals surface area contributed by atoms with E-state index in [9.17, 15) is 4.79 Å². The van der Waals surface area contributed by atoms with E-state index >= 15 is 0 Å². The number of pyridine rings is 1. The van der Waals surface area contributed by atoms with Crippen molar-refractivity contribution in [3.05, 3.63) is 29.1 Å². The molecule has 5 nitrogen and oxygen atoms in total. The quantitative estimate of drug-likeness (QED) is 0.547. The molecule has 1 heterocycles. The summed E-state index contributed by atoms with van der Waals surface area (Å²) in [5.41, 5.74) is 1.90. The van der Waals surface area contributed by atoms with Crippen molar-refractivity contribution in [2.45, 2.75) is 20.5 Å². The number of rotatable bonds is 7. The number of ether oxygens (including phenoxy) is 3. The Morgan fingerprint density at radius 3 is 2.78 bits per heavy atom. The molecule has 0 radical (unpaired) electrons. The maximum Gasteiger partial charge on any atom is 0.340 e. The highest BCUT2D eigenvalue weighted by molar-refractivity contribution is 5.90. The Morgan fingerprint density at radius 2 is 2.11 bits per heavy atom. The van der Waals surface area contributed by atoms with Gasteiger partial charge < -0.3 is 14.2 Å². The standard InChI is InChI=1S/C13H19NO4/c1-4-18-13(15)11-6-5-10(2)14-12(11)9-17-8-7-16-3/h5-6H,4,7-9H2,1-3H3. The number of hydrogen-bond donors (Lipinski definition) is 0. The highest BCUT2D eigenvalue weighted by atomic mass is 16.5. The Bertz CT molecular complexity index is 393. The van der Waals surface area contributed by atoms with E-state index in [-0.39, 0.29) is 12.6 Å². The number of nitrogens with zero attached hydrogens (tertiary/aromatic N) is 1. The van der Waals surface area contributed by atoms with Crippen molar-refractivity contribution in [2.24, 2.45) is 0 Å². The molecule has 0 fully saturated rings. The lowest BCUT2D eigenvalue weighted by Gasteiger charge is -2.09. The van der Waals surface area contributed by atoms with Gasteiger partial charge in [-0.15, -0.1) is 0 Å². The molecule has 0 amide bonds. The van der Waals surface area contributed by atoms with E-state index in [1.165, 1.54) is 0 Å². The largest absolute Gasteiger partial charge is 0.462 e. The third kappa shape index (κ3) is 4.43. The summed E-state index contributed by atoms with van der Waals surface area (Å²) >= 11 is 0. The molecule has 100 valence electrons. The lowest BCUT2D eigenvalue weighted by Crippen LogP contribution is -2.12. The van der Waals surface area contributed by atoms with E-state index in [4.69, 9.17) is 14.2 Å². The molecule has 0 unspecified atom stereocenters. The van der Waals surface area contributed by atoms with E-state index in [1.54, 1.807) is 26.2 Å². The summed E-state index contributed by atoms with van der Waals surface area (Å²) in [7, 11) is 1.61. The van der Waals surface area contributed by atoms with E-state index < -0.39 is 0 Å². The first kappa shape index (κ1) is 14.6. The fourth-order valence-electron chi connectivity index (χ4n) is 1.43. The minimum Gasteiger partial charge on any atom is -0.462 e. The van der Waals surface area contributed by atoms with E-state index in [0.717, 1.165) is 5.69 Å². The highest BCUT2D eigenvalue weighted by Crippen LogP contribution is 2.11. The van der Waals surface area contributed by atoms with Gasteiger partial charge in [-0.05, 0) is 26.0 Å². The molecule has 0 aliphatic carbocycles. The van der Waals surface area contributed by atoms with Gasteiger partial charge in [0.05, 0.1) is 37.7 Å². The zero-order chi connectivity index (χ0) is 13.4. The Kier molecular flexibility index (Phi) is 6.32. The first-order chi connectivity index (χ1) is 8.69. The second-order valence-corrected chi connectivity index (χ2v) is 3.71. The molecule has 0 aliphatic heterocycles. The fourth-order valence-corrected chi connectivity index (χ4v) is 1.43. The Labute approximate surface area is 107 Å². The van der Waals surface area contributed by atoms with E-state index in [0.29, 0.717) is 31.1 Å². The SMILES string of the molecule is CCOC(=O)c1ccc(C)nc1COCCOC. The first-order valence-corrected chi connectivity index (χ1v) is 5.89. The Balaban J connectivity index is 2.73. The molecule has 0 aliphatic rings. The summed E-state index contributed by atoms with van der Waals surface area (Å²) < 4.78 is 15.2. The second kappa shape index (κ2) is 7.79. The van der Waals surface area contributed by atoms with Crippen molar-refractivity contribution >= 4 is 5.97 Å². The van der Waals surface area contributed by atoms with Crippen LogP contribution in [0.2, 0.25) is 0 Å². The number of aryl methyl sites for hydroxylation is 1. The van der Waals surface area contributed by atoms with Gasteiger partial charge in [-0.25, -0.2) is 4.79 Å². The van der Waals surface area contributed by atoms with Crippen molar-refractivity contribution in [3.63, 3.8) is 0 Å². The number of carbonyl (C=O) groups is 1. The summed E-state index contributed by atoms with van der Waals surface area (Å²) in [6, 6.07) is 3.50. The van der Waals surface area contributed by atoms with Gasteiger partial charge in [-0.3, -0.25) is 4.98 Å². The number of esters is 1. The van der Waals surface area contributed by atoms with Crippen LogP contribution >= 0.6 is 0 Å². The zero-order valence-electron chi connectivity index (χ0n) is 11.1. The molecule has 18 heavy (non-hydrogen) atoms. The summed E-state index contributed by atoms with van der Waals surface area (Å²) in [6.45, 7) is 5.24.